The van der Waals surface area contributed by atoms with Crippen molar-refractivity contribution in [3.05, 3.63) is 52.8 Å². The van der Waals surface area contributed by atoms with E-state index < -0.39 is 15.8 Å². The standard InChI is InChI=1S/C13H9BrFN3O2S/c14-10-7-8(15)5-6-12(10)21(19,20)18-13-9-3-1-2-4-11(9)16-17-13/h1-7H,(H2,16,17,18). The quantitative estimate of drug-likeness (QED) is 0.743. The molecule has 0 saturated carbocycles. The fourth-order valence-corrected chi connectivity index (χ4v) is 3.99. The number of aromatic nitrogens is 2. The first-order valence-corrected chi connectivity index (χ1v) is 8.16. The number of halogens is 2. The molecule has 5 nitrogen and oxygen atoms in total. The monoisotopic (exact) mass is 369 g/mol. The number of benzene rings is 2. The van der Waals surface area contributed by atoms with Gasteiger partial charge >= 0.3 is 0 Å². The van der Waals surface area contributed by atoms with Gasteiger partial charge in [-0.2, -0.15) is 5.10 Å². The molecule has 8 heteroatoms. The van der Waals surface area contributed by atoms with Gasteiger partial charge in [0.15, 0.2) is 5.82 Å². The molecule has 2 aromatic carbocycles. The third kappa shape index (κ3) is 2.64. The van der Waals surface area contributed by atoms with E-state index >= 15 is 0 Å². The fraction of sp³-hybridized carbons (Fsp3) is 0. The number of nitrogens with zero attached hydrogens (tertiary/aromatic N) is 1. The number of hydrogen-bond donors (Lipinski definition) is 2. The van der Waals surface area contributed by atoms with Crippen LogP contribution in [0.2, 0.25) is 0 Å². The SMILES string of the molecule is O=S(=O)(Nc1n[nH]c2ccccc12)c1ccc(F)cc1Br. The van der Waals surface area contributed by atoms with Crippen molar-refractivity contribution in [3.8, 4) is 0 Å². The number of rotatable bonds is 3. The number of anilines is 1. The van der Waals surface area contributed by atoms with Crippen LogP contribution in [0.4, 0.5) is 10.2 Å². The summed E-state index contributed by atoms with van der Waals surface area (Å²) in [4.78, 5) is -0.0593. The van der Waals surface area contributed by atoms with E-state index in [1.165, 1.54) is 6.07 Å². The zero-order valence-corrected chi connectivity index (χ0v) is 12.9. The van der Waals surface area contributed by atoms with Crippen LogP contribution >= 0.6 is 15.9 Å². The van der Waals surface area contributed by atoms with Crippen LogP contribution < -0.4 is 4.72 Å². The second-order valence-electron chi connectivity index (χ2n) is 4.30. The lowest BCUT2D eigenvalue weighted by Crippen LogP contribution is -2.14. The maximum absolute atomic E-state index is 13.1. The molecule has 0 bridgehead atoms. The molecule has 0 saturated heterocycles. The Morgan fingerprint density at radius 3 is 2.71 bits per heavy atom. The summed E-state index contributed by atoms with van der Waals surface area (Å²) in [6.45, 7) is 0. The second-order valence-corrected chi connectivity index (χ2v) is 6.80. The molecule has 0 amide bonds. The van der Waals surface area contributed by atoms with Crippen LogP contribution in [-0.2, 0) is 10.0 Å². The summed E-state index contributed by atoms with van der Waals surface area (Å²) in [6, 6.07) is 10.5. The van der Waals surface area contributed by atoms with E-state index in [2.05, 4.69) is 30.8 Å². The van der Waals surface area contributed by atoms with Gasteiger partial charge in [-0.05, 0) is 46.3 Å². The van der Waals surface area contributed by atoms with Crippen molar-refractivity contribution in [1.82, 2.24) is 10.2 Å². The average Bonchev–Trinajstić information content (AvgIpc) is 2.81. The third-order valence-corrected chi connectivity index (χ3v) is 5.20. The van der Waals surface area contributed by atoms with Gasteiger partial charge in [-0.3, -0.25) is 9.82 Å². The van der Waals surface area contributed by atoms with Gasteiger partial charge in [0.1, 0.15) is 10.7 Å². The molecule has 108 valence electrons. The van der Waals surface area contributed by atoms with E-state index in [9.17, 15) is 12.8 Å². The summed E-state index contributed by atoms with van der Waals surface area (Å²) in [6.07, 6.45) is 0. The zero-order chi connectivity index (χ0) is 15.0. The van der Waals surface area contributed by atoms with Crippen molar-refractivity contribution in [1.29, 1.82) is 0 Å². The lowest BCUT2D eigenvalue weighted by Gasteiger charge is -2.07. The minimum absolute atomic E-state index is 0.0593. The van der Waals surface area contributed by atoms with Crippen LogP contribution in [0, 0.1) is 5.82 Å². The zero-order valence-electron chi connectivity index (χ0n) is 10.5. The Kier molecular flexibility index (Phi) is 3.42. The summed E-state index contributed by atoms with van der Waals surface area (Å²) in [5, 5.41) is 7.34. The van der Waals surface area contributed by atoms with E-state index in [-0.39, 0.29) is 15.2 Å². The van der Waals surface area contributed by atoms with Crippen molar-refractivity contribution < 1.29 is 12.8 Å². The van der Waals surface area contributed by atoms with E-state index in [0.29, 0.717) is 10.9 Å². The Bertz CT molecular complexity index is 924. The Balaban J connectivity index is 2.03. The second kappa shape index (κ2) is 5.12. The Morgan fingerprint density at radius 1 is 1.19 bits per heavy atom. The molecule has 0 fully saturated rings. The van der Waals surface area contributed by atoms with Gasteiger partial charge in [-0.15, -0.1) is 0 Å². The highest BCUT2D eigenvalue weighted by atomic mass is 79.9. The van der Waals surface area contributed by atoms with Crippen molar-refractivity contribution in [2.75, 3.05) is 4.72 Å². The van der Waals surface area contributed by atoms with Crippen LogP contribution in [0.25, 0.3) is 10.9 Å². The van der Waals surface area contributed by atoms with Gasteiger partial charge in [0.2, 0.25) is 0 Å². The number of sulfonamides is 1. The minimum Gasteiger partial charge on any atom is -0.276 e. The third-order valence-electron chi connectivity index (χ3n) is 2.88. The summed E-state index contributed by atoms with van der Waals surface area (Å²) < 4.78 is 40.3. The molecule has 0 radical (unpaired) electrons. The number of hydrogen-bond acceptors (Lipinski definition) is 3. The van der Waals surface area contributed by atoms with Gasteiger partial charge in [0.05, 0.1) is 5.52 Å². The van der Waals surface area contributed by atoms with Gasteiger partial charge in [0.25, 0.3) is 10.0 Å². The molecule has 0 spiro atoms. The maximum atomic E-state index is 13.1. The highest BCUT2D eigenvalue weighted by molar-refractivity contribution is 9.10. The Hall–Kier alpha value is -1.93. The first-order chi connectivity index (χ1) is 9.97. The molecule has 21 heavy (non-hydrogen) atoms. The summed E-state index contributed by atoms with van der Waals surface area (Å²) in [5.41, 5.74) is 0.716. The average molecular weight is 370 g/mol. The molecule has 2 N–H and O–H groups in total. The molecule has 0 aliphatic carbocycles. The highest BCUT2D eigenvalue weighted by Crippen LogP contribution is 2.27. The molecule has 0 unspecified atom stereocenters. The normalized spacial score (nSPS) is 11.7. The van der Waals surface area contributed by atoms with Crippen molar-refractivity contribution in [2.24, 2.45) is 0 Å². The lowest BCUT2D eigenvalue weighted by molar-refractivity contribution is 0.598. The molecule has 3 rings (SSSR count). The lowest BCUT2D eigenvalue weighted by atomic mass is 10.2. The van der Waals surface area contributed by atoms with Gasteiger partial charge in [-0.1, -0.05) is 12.1 Å². The minimum atomic E-state index is -3.87. The van der Waals surface area contributed by atoms with Crippen molar-refractivity contribution in [2.45, 2.75) is 4.90 Å². The van der Waals surface area contributed by atoms with E-state index in [4.69, 9.17) is 0 Å². The highest BCUT2D eigenvalue weighted by Gasteiger charge is 2.20. The largest absolute Gasteiger partial charge is 0.276 e. The van der Waals surface area contributed by atoms with Crippen molar-refractivity contribution >= 4 is 42.7 Å². The molecule has 1 heterocycles. The first-order valence-electron chi connectivity index (χ1n) is 5.88. The van der Waals surface area contributed by atoms with E-state index in [1.807, 2.05) is 6.07 Å². The molecular formula is C13H9BrFN3O2S. The van der Waals surface area contributed by atoms with Crippen LogP contribution in [0.5, 0.6) is 0 Å². The van der Waals surface area contributed by atoms with Crippen LogP contribution in [0.1, 0.15) is 0 Å². The number of H-pyrrole nitrogens is 1. The topological polar surface area (TPSA) is 74.8 Å². The predicted octanol–water partition coefficient (Wildman–Crippen LogP) is 3.27. The van der Waals surface area contributed by atoms with Crippen molar-refractivity contribution in [3.63, 3.8) is 0 Å². The Morgan fingerprint density at radius 2 is 1.95 bits per heavy atom. The first kappa shape index (κ1) is 14.0. The number of para-hydroxylation sites is 1. The number of fused-ring (bicyclic) bond motifs is 1. The predicted molar refractivity (Wildman–Crippen MR) is 81.0 cm³/mol. The molecule has 0 aliphatic rings. The maximum Gasteiger partial charge on any atom is 0.264 e. The van der Waals surface area contributed by atoms with E-state index in [0.717, 1.165) is 12.1 Å². The van der Waals surface area contributed by atoms with Gasteiger partial charge in [0, 0.05) is 9.86 Å². The summed E-state index contributed by atoms with van der Waals surface area (Å²) in [7, 11) is -3.87. The van der Waals surface area contributed by atoms with Crippen LogP contribution in [0.15, 0.2) is 51.8 Å². The molecule has 1 aromatic heterocycles. The van der Waals surface area contributed by atoms with E-state index in [1.54, 1.807) is 18.2 Å². The summed E-state index contributed by atoms with van der Waals surface area (Å²) in [5.74, 6) is -0.326. The van der Waals surface area contributed by atoms with Crippen LogP contribution in [-0.4, -0.2) is 18.6 Å². The molecule has 3 aromatic rings. The molecule has 0 atom stereocenters. The van der Waals surface area contributed by atoms with Gasteiger partial charge < -0.3 is 0 Å². The number of nitrogens with one attached hydrogen (secondary N) is 2. The Labute approximate surface area is 128 Å². The fourth-order valence-electron chi connectivity index (χ4n) is 1.92. The van der Waals surface area contributed by atoms with Gasteiger partial charge in [-0.25, -0.2) is 12.8 Å². The van der Waals surface area contributed by atoms with Crippen LogP contribution in [0.3, 0.4) is 0 Å². The summed E-state index contributed by atoms with van der Waals surface area (Å²) >= 11 is 3.05. The molecular weight excluding hydrogens is 361 g/mol. The smallest absolute Gasteiger partial charge is 0.264 e. The molecule has 0 aliphatic heterocycles. The number of aromatic amines is 1.